The third-order valence-corrected chi connectivity index (χ3v) is 4.62. The fourth-order valence-corrected chi connectivity index (χ4v) is 3.56. The van der Waals surface area contributed by atoms with Gasteiger partial charge in [0.05, 0.1) is 12.8 Å². The maximum Gasteiger partial charge on any atom is 0.213 e. The Morgan fingerprint density at radius 1 is 1.50 bits per heavy atom. The van der Waals surface area contributed by atoms with E-state index in [9.17, 15) is 9.90 Å². The number of ether oxygens (including phenoxy) is 1. The first-order chi connectivity index (χ1) is 8.67. The molecule has 1 aromatic rings. The highest BCUT2D eigenvalue weighted by molar-refractivity contribution is 6.01. The number of Topliss-reactive ketones (excluding diaryl/α,β-unsaturated/α-hetero) is 1. The first-order valence-corrected chi connectivity index (χ1v) is 6.36. The third-order valence-electron chi connectivity index (χ3n) is 4.62. The molecule has 2 aliphatic carbocycles. The summed E-state index contributed by atoms with van der Waals surface area (Å²) in [7, 11) is 1.57. The predicted octanol–water partition coefficient (Wildman–Crippen LogP) is 1.32. The smallest absolute Gasteiger partial charge is 0.213 e. The Balaban J connectivity index is 1.98. The molecular weight excluding hydrogens is 230 g/mol. The topological polar surface area (TPSA) is 59.4 Å². The maximum atomic E-state index is 12.4. The first-order valence-electron chi connectivity index (χ1n) is 6.36. The van der Waals surface area contributed by atoms with Crippen molar-refractivity contribution in [1.29, 1.82) is 0 Å². The van der Waals surface area contributed by atoms with Crippen molar-refractivity contribution < 1.29 is 14.6 Å². The molecule has 0 bridgehead atoms. The quantitative estimate of drug-likeness (QED) is 0.856. The SMILES string of the molecule is COc1ccc2c(n1)C[C@@H]1[C@H](CO)[C@@H](C)[C@@H]1C2=O. The van der Waals surface area contributed by atoms with Crippen LogP contribution in [0.5, 0.6) is 5.88 Å². The summed E-state index contributed by atoms with van der Waals surface area (Å²) in [6, 6.07) is 3.56. The highest BCUT2D eigenvalue weighted by Gasteiger charge is 2.53. The number of aliphatic hydroxyl groups excluding tert-OH is 1. The molecule has 0 spiro atoms. The molecule has 18 heavy (non-hydrogen) atoms. The number of rotatable bonds is 2. The van der Waals surface area contributed by atoms with E-state index in [0.29, 0.717) is 5.88 Å². The molecule has 0 radical (unpaired) electrons. The van der Waals surface area contributed by atoms with Crippen LogP contribution < -0.4 is 4.74 Å². The number of hydrogen-bond acceptors (Lipinski definition) is 4. The molecule has 0 amide bonds. The Bertz CT molecular complexity index is 500. The van der Waals surface area contributed by atoms with E-state index >= 15 is 0 Å². The molecule has 1 aromatic heterocycles. The Hall–Kier alpha value is -1.42. The van der Waals surface area contributed by atoms with Gasteiger partial charge in [-0.3, -0.25) is 4.79 Å². The van der Waals surface area contributed by atoms with Crippen LogP contribution in [0.4, 0.5) is 0 Å². The van der Waals surface area contributed by atoms with Gasteiger partial charge in [0.1, 0.15) is 0 Å². The van der Waals surface area contributed by atoms with Crippen LogP contribution in [0, 0.1) is 23.7 Å². The van der Waals surface area contributed by atoms with Crippen molar-refractivity contribution in [2.24, 2.45) is 23.7 Å². The maximum absolute atomic E-state index is 12.4. The molecule has 2 aliphatic rings. The largest absolute Gasteiger partial charge is 0.481 e. The minimum Gasteiger partial charge on any atom is -0.481 e. The van der Waals surface area contributed by atoms with E-state index in [1.807, 2.05) is 6.07 Å². The summed E-state index contributed by atoms with van der Waals surface area (Å²) in [5, 5.41) is 9.37. The van der Waals surface area contributed by atoms with Gasteiger partial charge in [-0.1, -0.05) is 6.92 Å². The van der Waals surface area contributed by atoms with Gasteiger partial charge in [-0.05, 0) is 30.2 Å². The van der Waals surface area contributed by atoms with Crippen molar-refractivity contribution in [2.75, 3.05) is 13.7 Å². The molecule has 1 N–H and O–H groups in total. The van der Waals surface area contributed by atoms with Crippen molar-refractivity contribution in [3.63, 3.8) is 0 Å². The molecule has 4 nitrogen and oxygen atoms in total. The monoisotopic (exact) mass is 247 g/mol. The van der Waals surface area contributed by atoms with Crippen LogP contribution in [0.15, 0.2) is 12.1 Å². The first kappa shape index (κ1) is 11.7. The van der Waals surface area contributed by atoms with Gasteiger partial charge in [0, 0.05) is 24.2 Å². The highest BCUT2D eigenvalue weighted by Crippen LogP contribution is 2.51. The second-order valence-corrected chi connectivity index (χ2v) is 5.31. The van der Waals surface area contributed by atoms with Crippen LogP contribution in [0.25, 0.3) is 0 Å². The second kappa shape index (κ2) is 4.05. The van der Waals surface area contributed by atoms with Gasteiger partial charge in [-0.25, -0.2) is 4.98 Å². The number of aromatic nitrogens is 1. The van der Waals surface area contributed by atoms with E-state index in [1.54, 1.807) is 13.2 Å². The lowest BCUT2D eigenvalue weighted by molar-refractivity contribution is -0.0336. The van der Waals surface area contributed by atoms with E-state index in [-0.39, 0.29) is 36.1 Å². The molecule has 4 heteroatoms. The van der Waals surface area contributed by atoms with Crippen molar-refractivity contribution in [3.8, 4) is 5.88 Å². The molecular formula is C14H17NO3. The number of carbonyl (C=O) groups excluding carboxylic acids is 1. The van der Waals surface area contributed by atoms with Gasteiger partial charge in [-0.2, -0.15) is 0 Å². The van der Waals surface area contributed by atoms with Gasteiger partial charge in [-0.15, -0.1) is 0 Å². The third kappa shape index (κ3) is 1.42. The van der Waals surface area contributed by atoms with Gasteiger partial charge in [0.15, 0.2) is 5.78 Å². The highest BCUT2D eigenvalue weighted by atomic mass is 16.5. The Labute approximate surface area is 106 Å². The average molecular weight is 247 g/mol. The second-order valence-electron chi connectivity index (χ2n) is 5.31. The Morgan fingerprint density at radius 2 is 2.28 bits per heavy atom. The standard InChI is InChI=1S/C14H17NO3/c1-7-10(6-16)9-5-11-8(14(17)13(7)9)3-4-12(15-11)18-2/h3-4,7,9-10,13,16H,5-6H2,1-2H3/t7-,9-,10-,13+/m1/s1. The lowest BCUT2D eigenvalue weighted by atomic mass is 9.52. The molecule has 1 fully saturated rings. The van der Waals surface area contributed by atoms with Crippen LogP contribution in [-0.4, -0.2) is 29.6 Å². The van der Waals surface area contributed by atoms with E-state index in [1.165, 1.54) is 0 Å². The zero-order valence-corrected chi connectivity index (χ0v) is 10.6. The van der Waals surface area contributed by atoms with E-state index in [0.717, 1.165) is 17.7 Å². The molecule has 0 saturated heterocycles. The number of pyridine rings is 1. The summed E-state index contributed by atoms with van der Waals surface area (Å²) in [6.45, 7) is 2.22. The minimum atomic E-state index is 0.0739. The number of ketones is 1. The van der Waals surface area contributed by atoms with Crippen LogP contribution in [0.3, 0.4) is 0 Å². The zero-order chi connectivity index (χ0) is 12.9. The van der Waals surface area contributed by atoms with Crippen LogP contribution in [0.2, 0.25) is 0 Å². The number of nitrogens with zero attached hydrogens (tertiary/aromatic N) is 1. The zero-order valence-electron chi connectivity index (χ0n) is 10.6. The molecule has 0 aliphatic heterocycles. The Morgan fingerprint density at radius 3 is 2.94 bits per heavy atom. The summed E-state index contributed by atoms with van der Waals surface area (Å²) in [5.41, 5.74) is 1.56. The van der Waals surface area contributed by atoms with Crippen molar-refractivity contribution in [2.45, 2.75) is 13.3 Å². The molecule has 96 valence electrons. The van der Waals surface area contributed by atoms with Gasteiger partial charge in [0.25, 0.3) is 0 Å². The van der Waals surface area contributed by atoms with Crippen molar-refractivity contribution in [3.05, 3.63) is 23.4 Å². The minimum absolute atomic E-state index is 0.0739. The average Bonchev–Trinajstić information content (AvgIpc) is 2.38. The fraction of sp³-hybridized carbons (Fsp3) is 0.571. The van der Waals surface area contributed by atoms with Gasteiger partial charge in [0.2, 0.25) is 5.88 Å². The Kier molecular flexibility index (Phi) is 2.63. The van der Waals surface area contributed by atoms with Crippen LogP contribution in [0.1, 0.15) is 23.0 Å². The predicted molar refractivity (Wildman–Crippen MR) is 65.5 cm³/mol. The number of fused-ring (bicyclic) bond motifs is 2. The number of hydrogen-bond donors (Lipinski definition) is 1. The van der Waals surface area contributed by atoms with E-state index in [2.05, 4.69) is 11.9 Å². The summed E-state index contributed by atoms with van der Waals surface area (Å²) < 4.78 is 5.10. The molecule has 3 rings (SSSR count). The molecule has 1 heterocycles. The molecule has 1 saturated carbocycles. The van der Waals surface area contributed by atoms with Crippen LogP contribution in [-0.2, 0) is 6.42 Å². The van der Waals surface area contributed by atoms with E-state index < -0.39 is 0 Å². The summed E-state index contributed by atoms with van der Waals surface area (Å²) in [5.74, 6) is 1.58. The number of carbonyl (C=O) groups is 1. The summed E-state index contributed by atoms with van der Waals surface area (Å²) in [6.07, 6.45) is 0.776. The van der Waals surface area contributed by atoms with Crippen molar-refractivity contribution >= 4 is 5.78 Å². The van der Waals surface area contributed by atoms with E-state index in [4.69, 9.17) is 4.74 Å². The molecule has 0 aromatic carbocycles. The van der Waals surface area contributed by atoms with Crippen molar-refractivity contribution in [1.82, 2.24) is 4.98 Å². The number of aliphatic hydroxyl groups is 1. The van der Waals surface area contributed by atoms with Gasteiger partial charge < -0.3 is 9.84 Å². The lowest BCUT2D eigenvalue weighted by Gasteiger charge is -2.51. The number of methoxy groups -OCH3 is 1. The molecule has 0 unspecified atom stereocenters. The van der Waals surface area contributed by atoms with Crippen LogP contribution >= 0.6 is 0 Å². The fourth-order valence-electron chi connectivity index (χ4n) is 3.56. The summed E-state index contributed by atoms with van der Waals surface area (Å²) in [4.78, 5) is 16.8. The van der Waals surface area contributed by atoms with Gasteiger partial charge >= 0.3 is 0 Å². The summed E-state index contributed by atoms with van der Waals surface area (Å²) >= 11 is 0. The lowest BCUT2D eigenvalue weighted by Crippen LogP contribution is -2.54. The normalized spacial score (nSPS) is 33.4. The molecule has 4 atom stereocenters.